The van der Waals surface area contributed by atoms with Crippen LogP contribution in [-0.2, 0) is 14.3 Å². The van der Waals surface area contributed by atoms with Crippen molar-refractivity contribution in [1.29, 1.82) is 0 Å². The number of ether oxygens (including phenoxy) is 2. The zero-order valence-corrected chi connectivity index (χ0v) is 16.8. The molecule has 0 radical (unpaired) electrons. The van der Waals surface area contributed by atoms with E-state index in [-0.39, 0.29) is 22.8 Å². The zero-order valence-electron chi connectivity index (χ0n) is 16.8. The minimum atomic E-state index is -0.180. The fraction of sp³-hybridized carbons (Fsp3) is 0.889. The lowest BCUT2D eigenvalue weighted by molar-refractivity contribution is -0.123. The van der Waals surface area contributed by atoms with Crippen molar-refractivity contribution in [2.45, 2.75) is 48.0 Å². The van der Waals surface area contributed by atoms with Crippen LogP contribution in [0.4, 0.5) is 4.79 Å². The summed E-state index contributed by atoms with van der Waals surface area (Å²) in [5.41, 5.74) is 0.0634. The summed E-state index contributed by atoms with van der Waals surface area (Å²) in [6.07, 6.45) is 0.506. The molecule has 148 valence electrons. The van der Waals surface area contributed by atoms with Gasteiger partial charge in [0, 0.05) is 26.1 Å². The van der Waals surface area contributed by atoms with E-state index in [1.165, 1.54) is 0 Å². The lowest BCUT2D eigenvalue weighted by Crippen LogP contribution is -2.41. The van der Waals surface area contributed by atoms with Crippen LogP contribution in [0.3, 0.4) is 0 Å². The molecule has 0 bridgehead atoms. The van der Waals surface area contributed by atoms with Crippen molar-refractivity contribution in [3.63, 3.8) is 0 Å². The lowest BCUT2D eigenvalue weighted by Gasteiger charge is -2.18. The van der Waals surface area contributed by atoms with Gasteiger partial charge < -0.3 is 25.4 Å². The number of hydrogen-bond acceptors (Lipinski definition) is 4. The highest BCUT2D eigenvalue weighted by Gasteiger charge is 2.15. The molecule has 3 amide bonds. The summed E-state index contributed by atoms with van der Waals surface area (Å²) in [5.74, 6) is 0.0446. The van der Waals surface area contributed by atoms with Gasteiger partial charge in [-0.1, -0.05) is 41.5 Å². The zero-order chi connectivity index (χ0) is 19.3. The number of hydrogen-bond donors (Lipinski definition) is 3. The minimum absolute atomic E-state index is 0.00351. The first-order valence-corrected chi connectivity index (χ1v) is 8.93. The van der Waals surface area contributed by atoms with Crippen LogP contribution in [0.5, 0.6) is 0 Å². The van der Waals surface area contributed by atoms with Crippen molar-refractivity contribution < 1.29 is 19.1 Å². The maximum Gasteiger partial charge on any atom is 0.314 e. The fourth-order valence-electron chi connectivity index (χ4n) is 1.77. The van der Waals surface area contributed by atoms with E-state index in [2.05, 4.69) is 36.7 Å². The van der Waals surface area contributed by atoms with Gasteiger partial charge in [0.15, 0.2) is 0 Å². The predicted molar refractivity (Wildman–Crippen MR) is 99.6 cm³/mol. The molecule has 25 heavy (non-hydrogen) atoms. The van der Waals surface area contributed by atoms with Crippen molar-refractivity contribution in [3.8, 4) is 0 Å². The molecule has 0 saturated carbocycles. The van der Waals surface area contributed by atoms with Crippen molar-refractivity contribution in [3.05, 3.63) is 0 Å². The molecule has 0 unspecified atom stereocenters. The summed E-state index contributed by atoms with van der Waals surface area (Å²) in [7, 11) is 0. The first-order valence-electron chi connectivity index (χ1n) is 8.93. The van der Waals surface area contributed by atoms with Gasteiger partial charge in [-0.25, -0.2) is 4.79 Å². The number of nitrogens with one attached hydrogen (secondary N) is 3. The van der Waals surface area contributed by atoms with E-state index >= 15 is 0 Å². The van der Waals surface area contributed by atoms with Gasteiger partial charge in [-0.05, 0) is 10.8 Å². The molecule has 0 atom stereocenters. The van der Waals surface area contributed by atoms with E-state index in [4.69, 9.17) is 9.47 Å². The van der Waals surface area contributed by atoms with Gasteiger partial charge in [0.2, 0.25) is 5.91 Å². The predicted octanol–water partition coefficient (Wildman–Crippen LogP) is 1.92. The van der Waals surface area contributed by atoms with Crippen LogP contribution in [-0.4, -0.2) is 58.0 Å². The Hall–Kier alpha value is -1.34. The Bertz CT molecular complexity index is 387. The van der Waals surface area contributed by atoms with Crippen molar-refractivity contribution in [2.24, 2.45) is 10.8 Å². The second kappa shape index (κ2) is 12.1. The number of carbonyl (C=O) groups is 2. The van der Waals surface area contributed by atoms with Gasteiger partial charge in [0.25, 0.3) is 0 Å². The maximum absolute atomic E-state index is 11.6. The average Bonchev–Trinajstić information content (AvgIpc) is 2.44. The van der Waals surface area contributed by atoms with Crippen molar-refractivity contribution >= 4 is 11.9 Å². The highest BCUT2D eigenvalue weighted by molar-refractivity contribution is 5.76. The molecular weight excluding hydrogens is 322 g/mol. The summed E-state index contributed by atoms with van der Waals surface area (Å²) in [6.45, 7) is 15.7. The standard InChI is InChI=1S/C18H37N3O4/c1-17(2,3)13-15(22)19-7-9-24-11-12-25-10-8-20-16(23)21-14-18(4,5)6/h7-14H2,1-6H3,(H,19,22)(H2,20,21,23). The molecule has 7 heteroatoms. The Morgan fingerprint density at radius 3 is 1.72 bits per heavy atom. The summed E-state index contributed by atoms with van der Waals surface area (Å²) in [4.78, 5) is 23.1. The van der Waals surface area contributed by atoms with Gasteiger partial charge in [-0.2, -0.15) is 0 Å². The van der Waals surface area contributed by atoms with Crippen LogP contribution in [0.2, 0.25) is 0 Å². The molecule has 0 aromatic heterocycles. The largest absolute Gasteiger partial charge is 0.377 e. The van der Waals surface area contributed by atoms with E-state index < -0.39 is 0 Å². The second-order valence-electron chi connectivity index (χ2n) is 8.48. The van der Waals surface area contributed by atoms with Crippen LogP contribution >= 0.6 is 0 Å². The Morgan fingerprint density at radius 2 is 1.24 bits per heavy atom. The Labute approximate surface area is 152 Å². The van der Waals surface area contributed by atoms with E-state index in [1.807, 2.05) is 20.8 Å². The normalized spacial score (nSPS) is 11.9. The van der Waals surface area contributed by atoms with Gasteiger partial charge >= 0.3 is 6.03 Å². The Balaban J connectivity index is 3.37. The van der Waals surface area contributed by atoms with Crippen LogP contribution in [0.25, 0.3) is 0 Å². The first-order chi connectivity index (χ1) is 11.5. The van der Waals surface area contributed by atoms with Gasteiger partial charge in [-0.15, -0.1) is 0 Å². The van der Waals surface area contributed by atoms with Crippen LogP contribution in [0, 0.1) is 10.8 Å². The molecule has 0 saturated heterocycles. The number of amides is 3. The summed E-state index contributed by atoms with van der Waals surface area (Å²) >= 11 is 0. The topological polar surface area (TPSA) is 88.7 Å². The van der Waals surface area contributed by atoms with Crippen molar-refractivity contribution in [2.75, 3.05) is 46.1 Å². The molecule has 0 aromatic carbocycles. The average molecular weight is 360 g/mol. The molecule has 0 rings (SSSR count). The molecule has 0 aliphatic heterocycles. The number of carbonyl (C=O) groups excluding carboxylic acids is 2. The Kier molecular flexibility index (Phi) is 11.4. The quantitative estimate of drug-likeness (QED) is 0.492. The van der Waals surface area contributed by atoms with E-state index in [1.54, 1.807) is 0 Å². The smallest absolute Gasteiger partial charge is 0.314 e. The molecule has 0 fully saturated rings. The van der Waals surface area contributed by atoms with E-state index in [0.717, 1.165) is 0 Å². The second-order valence-corrected chi connectivity index (χ2v) is 8.48. The minimum Gasteiger partial charge on any atom is -0.377 e. The molecule has 0 aliphatic rings. The molecule has 0 spiro atoms. The Morgan fingerprint density at radius 1 is 0.720 bits per heavy atom. The molecule has 3 N–H and O–H groups in total. The number of rotatable bonds is 11. The molecule has 0 aliphatic carbocycles. The number of urea groups is 1. The molecule has 0 aromatic rings. The van der Waals surface area contributed by atoms with Crippen LogP contribution in [0.1, 0.15) is 48.0 Å². The van der Waals surface area contributed by atoms with Gasteiger partial charge in [-0.3, -0.25) is 4.79 Å². The fourth-order valence-corrected chi connectivity index (χ4v) is 1.77. The lowest BCUT2D eigenvalue weighted by atomic mass is 9.92. The third kappa shape index (κ3) is 18.8. The summed E-state index contributed by atoms with van der Waals surface area (Å²) < 4.78 is 10.7. The third-order valence-corrected chi connectivity index (χ3v) is 2.94. The van der Waals surface area contributed by atoms with E-state index in [9.17, 15) is 9.59 Å². The summed E-state index contributed by atoms with van der Waals surface area (Å²) in [5, 5.41) is 8.37. The monoisotopic (exact) mass is 359 g/mol. The van der Waals surface area contributed by atoms with Crippen LogP contribution in [0.15, 0.2) is 0 Å². The third-order valence-electron chi connectivity index (χ3n) is 2.94. The van der Waals surface area contributed by atoms with Gasteiger partial charge in [0.05, 0.1) is 26.4 Å². The van der Waals surface area contributed by atoms with Crippen LogP contribution < -0.4 is 16.0 Å². The SMILES string of the molecule is CC(C)(C)CNC(=O)NCCOCCOCCNC(=O)CC(C)(C)C. The molecule has 7 nitrogen and oxygen atoms in total. The van der Waals surface area contributed by atoms with E-state index in [0.29, 0.717) is 52.5 Å². The molecule has 0 heterocycles. The van der Waals surface area contributed by atoms with Gasteiger partial charge in [0.1, 0.15) is 0 Å². The molecular formula is C18H37N3O4. The summed E-state index contributed by atoms with van der Waals surface area (Å²) in [6, 6.07) is -0.180. The first kappa shape index (κ1) is 23.7. The van der Waals surface area contributed by atoms with Crippen molar-refractivity contribution in [1.82, 2.24) is 16.0 Å². The highest BCUT2D eigenvalue weighted by atomic mass is 16.5. The highest BCUT2D eigenvalue weighted by Crippen LogP contribution is 2.17. The maximum atomic E-state index is 11.6.